The number of nitrogens with two attached hydrogens (primary N) is 1. The average Bonchev–Trinajstić information content (AvgIpc) is 2.30. The van der Waals surface area contributed by atoms with Crippen LogP contribution in [0.15, 0.2) is 45.8 Å². The zero-order chi connectivity index (χ0) is 14.9. The predicted octanol–water partition coefficient (Wildman–Crippen LogP) is 3.45. The van der Waals surface area contributed by atoms with Gasteiger partial charge in [-0.25, -0.2) is 8.42 Å². The first-order valence-corrected chi connectivity index (χ1v) is 8.22. The lowest BCUT2D eigenvalue weighted by Gasteiger charge is -2.10. The topological polar surface area (TPSA) is 72.2 Å². The number of anilines is 2. The number of sulfonamides is 1. The zero-order valence-electron chi connectivity index (χ0n) is 11.1. The number of halogens is 1. The van der Waals surface area contributed by atoms with E-state index in [1.165, 1.54) is 12.1 Å². The fraction of sp³-hybridized carbons (Fsp3) is 0.143. The monoisotopic (exact) mass is 354 g/mol. The molecule has 6 heteroatoms. The quantitative estimate of drug-likeness (QED) is 0.829. The van der Waals surface area contributed by atoms with E-state index in [0.717, 1.165) is 11.1 Å². The Labute approximate surface area is 127 Å². The number of benzene rings is 2. The Morgan fingerprint density at radius 3 is 2.20 bits per heavy atom. The summed E-state index contributed by atoms with van der Waals surface area (Å²) in [4.78, 5) is 0.165. The highest BCUT2D eigenvalue weighted by atomic mass is 79.9. The van der Waals surface area contributed by atoms with Gasteiger partial charge in [-0.15, -0.1) is 0 Å². The van der Waals surface area contributed by atoms with E-state index >= 15 is 0 Å². The summed E-state index contributed by atoms with van der Waals surface area (Å²) in [6.07, 6.45) is 0. The van der Waals surface area contributed by atoms with Crippen molar-refractivity contribution in [1.29, 1.82) is 0 Å². The van der Waals surface area contributed by atoms with Gasteiger partial charge in [-0.1, -0.05) is 6.07 Å². The molecule has 2 rings (SSSR count). The Bertz CT molecular complexity index is 738. The minimum Gasteiger partial charge on any atom is -0.398 e. The van der Waals surface area contributed by atoms with E-state index < -0.39 is 10.0 Å². The summed E-state index contributed by atoms with van der Waals surface area (Å²) >= 11 is 3.23. The highest BCUT2D eigenvalue weighted by Crippen LogP contribution is 2.25. The van der Waals surface area contributed by atoms with Gasteiger partial charge < -0.3 is 5.73 Å². The number of rotatable bonds is 3. The Hall–Kier alpha value is -1.53. The second kappa shape index (κ2) is 5.46. The molecule has 4 nitrogen and oxygen atoms in total. The number of aryl methyl sites for hydroxylation is 2. The van der Waals surface area contributed by atoms with Gasteiger partial charge in [-0.05, 0) is 71.2 Å². The van der Waals surface area contributed by atoms with E-state index in [2.05, 4.69) is 20.7 Å². The molecule has 106 valence electrons. The van der Waals surface area contributed by atoms with Crippen LogP contribution in [0, 0.1) is 13.8 Å². The molecule has 0 aromatic heterocycles. The Morgan fingerprint density at radius 2 is 1.65 bits per heavy atom. The van der Waals surface area contributed by atoms with Crippen LogP contribution in [0.4, 0.5) is 11.4 Å². The molecular weight excluding hydrogens is 340 g/mol. The van der Waals surface area contributed by atoms with Crippen molar-refractivity contribution in [3.05, 3.63) is 52.0 Å². The standard InChI is InChI=1S/C14H15BrN2O2S/c1-9-5-10(2)7-11(6-9)17-20(18,19)12-3-4-14(16)13(15)8-12/h3-8,17H,16H2,1-2H3. The van der Waals surface area contributed by atoms with E-state index in [1.807, 2.05) is 19.9 Å². The molecule has 0 bridgehead atoms. The van der Waals surface area contributed by atoms with E-state index in [0.29, 0.717) is 15.8 Å². The van der Waals surface area contributed by atoms with Crippen molar-refractivity contribution in [3.8, 4) is 0 Å². The molecule has 20 heavy (non-hydrogen) atoms. The smallest absolute Gasteiger partial charge is 0.261 e. The van der Waals surface area contributed by atoms with Gasteiger partial charge in [0.1, 0.15) is 0 Å². The molecular formula is C14H15BrN2O2S. The van der Waals surface area contributed by atoms with Crippen LogP contribution in [0.25, 0.3) is 0 Å². The molecule has 0 radical (unpaired) electrons. The van der Waals surface area contributed by atoms with Crippen molar-refractivity contribution in [3.63, 3.8) is 0 Å². The second-order valence-electron chi connectivity index (χ2n) is 4.67. The van der Waals surface area contributed by atoms with Crippen LogP contribution in [0.1, 0.15) is 11.1 Å². The highest BCUT2D eigenvalue weighted by Gasteiger charge is 2.15. The zero-order valence-corrected chi connectivity index (χ0v) is 13.5. The summed E-state index contributed by atoms with van der Waals surface area (Å²) in [6.45, 7) is 3.84. The Morgan fingerprint density at radius 1 is 1.05 bits per heavy atom. The molecule has 0 spiro atoms. The summed E-state index contributed by atoms with van der Waals surface area (Å²) in [5.41, 5.74) is 8.71. The molecule has 0 unspecified atom stereocenters. The molecule has 0 atom stereocenters. The average molecular weight is 355 g/mol. The lowest BCUT2D eigenvalue weighted by atomic mass is 10.1. The first kappa shape index (κ1) is 14.9. The summed E-state index contributed by atoms with van der Waals surface area (Å²) in [7, 11) is -3.62. The van der Waals surface area contributed by atoms with Gasteiger partial charge in [0.25, 0.3) is 10.0 Å². The third-order valence-electron chi connectivity index (χ3n) is 2.76. The van der Waals surface area contributed by atoms with E-state index in [-0.39, 0.29) is 4.90 Å². The molecule has 0 amide bonds. The van der Waals surface area contributed by atoms with Crippen LogP contribution in [0.2, 0.25) is 0 Å². The normalized spacial score (nSPS) is 11.3. The SMILES string of the molecule is Cc1cc(C)cc(NS(=O)(=O)c2ccc(N)c(Br)c2)c1. The lowest BCUT2D eigenvalue weighted by Crippen LogP contribution is -2.13. The maximum atomic E-state index is 12.3. The lowest BCUT2D eigenvalue weighted by molar-refractivity contribution is 0.601. The van der Waals surface area contributed by atoms with Crippen LogP contribution in [-0.4, -0.2) is 8.42 Å². The maximum absolute atomic E-state index is 12.3. The molecule has 0 aliphatic rings. The first-order valence-electron chi connectivity index (χ1n) is 5.94. The third-order valence-corrected chi connectivity index (χ3v) is 4.82. The number of hydrogen-bond donors (Lipinski definition) is 2. The maximum Gasteiger partial charge on any atom is 0.261 e. The minimum atomic E-state index is -3.62. The third kappa shape index (κ3) is 3.32. The van der Waals surface area contributed by atoms with E-state index in [9.17, 15) is 8.42 Å². The molecule has 0 saturated heterocycles. The van der Waals surface area contributed by atoms with Gasteiger partial charge >= 0.3 is 0 Å². The van der Waals surface area contributed by atoms with Crippen molar-refractivity contribution in [1.82, 2.24) is 0 Å². The van der Waals surface area contributed by atoms with E-state index in [4.69, 9.17) is 5.73 Å². The summed E-state index contributed by atoms with van der Waals surface area (Å²) in [5, 5.41) is 0. The van der Waals surface area contributed by atoms with Gasteiger partial charge in [0.15, 0.2) is 0 Å². The number of hydrogen-bond acceptors (Lipinski definition) is 3. The van der Waals surface area contributed by atoms with Gasteiger partial charge in [-0.3, -0.25) is 4.72 Å². The molecule has 0 saturated carbocycles. The summed E-state index contributed by atoms with van der Waals surface area (Å²) in [5.74, 6) is 0. The second-order valence-corrected chi connectivity index (χ2v) is 7.20. The van der Waals surface area contributed by atoms with Crippen LogP contribution in [0.5, 0.6) is 0 Å². The van der Waals surface area contributed by atoms with Gasteiger partial charge in [0.2, 0.25) is 0 Å². The summed E-state index contributed by atoms with van der Waals surface area (Å²) < 4.78 is 27.8. The van der Waals surface area contributed by atoms with Crippen molar-refractivity contribution >= 4 is 37.3 Å². The van der Waals surface area contributed by atoms with Crippen molar-refractivity contribution in [2.24, 2.45) is 0 Å². The molecule has 3 N–H and O–H groups in total. The fourth-order valence-corrected chi connectivity index (χ4v) is 3.52. The number of nitrogens with one attached hydrogen (secondary N) is 1. The van der Waals surface area contributed by atoms with E-state index in [1.54, 1.807) is 18.2 Å². The minimum absolute atomic E-state index is 0.165. The molecule has 2 aromatic carbocycles. The van der Waals surface area contributed by atoms with Crippen LogP contribution in [-0.2, 0) is 10.0 Å². The van der Waals surface area contributed by atoms with Gasteiger partial charge in [0.05, 0.1) is 4.90 Å². The molecule has 0 aliphatic carbocycles. The highest BCUT2D eigenvalue weighted by molar-refractivity contribution is 9.10. The van der Waals surface area contributed by atoms with Crippen molar-refractivity contribution in [2.75, 3.05) is 10.5 Å². The van der Waals surface area contributed by atoms with Crippen molar-refractivity contribution in [2.45, 2.75) is 18.7 Å². The molecule has 0 aliphatic heterocycles. The van der Waals surface area contributed by atoms with Crippen LogP contribution in [0.3, 0.4) is 0 Å². The largest absolute Gasteiger partial charge is 0.398 e. The molecule has 0 fully saturated rings. The fourth-order valence-electron chi connectivity index (χ4n) is 1.92. The van der Waals surface area contributed by atoms with Gasteiger partial charge in [-0.2, -0.15) is 0 Å². The number of nitrogen functional groups attached to an aromatic ring is 1. The Kier molecular flexibility index (Phi) is 4.06. The predicted molar refractivity (Wildman–Crippen MR) is 85.3 cm³/mol. The summed E-state index contributed by atoms with van der Waals surface area (Å²) in [6, 6.07) is 10.1. The van der Waals surface area contributed by atoms with Crippen molar-refractivity contribution < 1.29 is 8.42 Å². The molecule has 2 aromatic rings. The van der Waals surface area contributed by atoms with Crippen LogP contribution < -0.4 is 10.5 Å². The Balaban J connectivity index is 2.37. The first-order chi connectivity index (χ1) is 9.28. The van der Waals surface area contributed by atoms with Gasteiger partial charge in [0, 0.05) is 15.8 Å². The molecule has 0 heterocycles. The van der Waals surface area contributed by atoms with Crippen LogP contribution >= 0.6 is 15.9 Å².